The van der Waals surface area contributed by atoms with Gasteiger partial charge in [0.25, 0.3) is 0 Å². The number of allylic oxidation sites excluding steroid dienone is 3. The number of rotatable bonds is 6. The molecule has 0 bridgehead atoms. The number of amides is 1. The Morgan fingerprint density at radius 2 is 1.69 bits per heavy atom. The van der Waals surface area contributed by atoms with E-state index in [2.05, 4.69) is 20.8 Å². The molecule has 8 nitrogen and oxygen atoms in total. The van der Waals surface area contributed by atoms with Gasteiger partial charge in [0.2, 0.25) is 5.91 Å². The lowest BCUT2D eigenvalue weighted by Gasteiger charge is -2.36. The van der Waals surface area contributed by atoms with Crippen molar-refractivity contribution >= 4 is 11.9 Å². The molecule has 0 unspecified atom stereocenters. The van der Waals surface area contributed by atoms with Crippen molar-refractivity contribution in [1.82, 2.24) is 4.90 Å². The Balaban J connectivity index is 1.46. The van der Waals surface area contributed by atoms with Crippen LogP contribution in [0.25, 0.3) is 0 Å². The predicted octanol–water partition coefficient (Wildman–Crippen LogP) is 5.10. The van der Waals surface area contributed by atoms with Gasteiger partial charge >= 0.3 is 5.97 Å². The molecule has 1 aliphatic carbocycles. The Morgan fingerprint density at radius 1 is 1.05 bits per heavy atom. The minimum atomic E-state index is -1.36. The normalized spacial score (nSPS) is 17.0. The molecule has 2 heterocycles. The summed E-state index contributed by atoms with van der Waals surface area (Å²) in [5.74, 6) is -0.0525. The highest BCUT2D eigenvalue weighted by molar-refractivity contribution is 6.01. The van der Waals surface area contributed by atoms with E-state index in [9.17, 15) is 19.8 Å². The van der Waals surface area contributed by atoms with Crippen LogP contribution in [0.2, 0.25) is 0 Å². The van der Waals surface area contributed by atoms with Gasteiger partial charge in [0.05, 0.1) is 12.2 Å². The molecule has 1 fully saturated rings. The highest BCUT2D eigenvalue weighted by atomic mass is 16.6. The van der Waals surface area contributed by atoms with Crippen LogP contribution in [0.4, 0.5) is 0 Å². The highest BCUT2D eigenvalue weighted by Crippen LogP contribution is 2.58. The van der Waals surface area contributed by atoms with Crippen LogP contribution in [0.1, 0.15) is 44.7 Å². The van der Waals surface area contributed by atoms with E-state index >= 15 is 0 Å². The number of hydrogen-bond acceptors (Lipinski definition) is 7. The summed E-state index contributed by atoms with van der Waals surface area (Å²) in [4.78, 5) is 28.2. The van der Waals surface area contributed by atoms with Gasteiger partial charge < -0.3 is 29.3 Å². The third-order valence-corrected chi connectivity index (χ3v) is 6.96. The lowest BCUT2D eigenvalue weighted by molar-refractivity contribution is -0.143. The van der Waals surface area contributed by atoms with E-state index in [1.807, 2.05) is 0 Å². The third kappa shape index (κ3) is 4.92. The average molecular weight is 532 g/mol. The second kappa shape index (κ2) is 9.93. The van der Waals surface area contributed by atoms with E-state index in [1.54, 1.807) is 42.3 Å². The van der Waals surface area contributed by atoms with Crippen LogP contribution in [0.3, 0.4) is 0 Å². The molecule has 2 aromatic carbocycles. The number of phenolic OH excluding ortho intramolecular Hbond substituents is 2. The Morgan fingerprint density at radius 3 is 2.31 bits per heavy atom. The maximum Gasteiger partial charge on any atom is 0.339 e. The molecule has 1 spiro atoms. The molecule has 1 amide bonds. The molecule has 39 heavy (non-hydrogen) atoms. The summed E-state index contributed by atoms with van der Waals surface area (Å²) in [5.41, 5.74) is 1.29. The van der Waals surface area contributed by atoms with Gasteiger partial charge in [-0.3, -0.25) is 4.79 Å². The molecule has 0 radical (unpaired) electrons. The second-order valence-electron chi connectivity index (χ2n) is 11.3. The van der Waals surface area contributed by atoms with Crippen molar-refractivity contribution in [3.05, 3.63) is 82.5 Å². The lowest BCUT2D eigenvalue weighted by Crippen LogP contribution is -2.32. The Kier molecular flexibility index (Phi) is 6.76. The molecule has 2 aromatic rings. The van der Waals surface area contributed by atoms with E-state index in [0.29, 0.717) is 59.1 Å². The summed E-state index contributed by atoms with van der Waals surface area (Å²) >= 11 is 0. The van der Waals surface area contributed by atoms with Gasteiger partial charge in [0, 0.05) is 54.6 Å². The molecule has 3 aliphatic rings. The molecular weight excluding hydrogens is 498 g/mol. The summed E-state index contributed by atoms with van der Waals surface area (Å²) < 4.78 is 17.8. The Bertz CT molecular complexity index is 1380. The predicted molar refractivity (Wildman–Crippen MR) is 145 cm³/mol. The number of carbonyl (C=O) groups excluding carboxylic acids is 2. The zero-order valence-corrected chi connectivity index (χ0v) is 22.6. The van der Waals surface area contributed by atoms with Crippen LogP contribution in [0.15, 0.2) is 71.3 Å². The van der Waals surface area contributed by atoms with Crippen molar-refractivity contribution < 1.29 is 34.0 Å². The van der Waals surface area contributed by atoms with E-state index in [0.717, 1.165) is 6.42 Å². The number of nitrogens with zero attached hydrogens (tertiary/aromatic N) is 1. The van der Waals surface area contributed by atoms with Crippen molar-refractivity contribution in [2.75, 3.05) is 26.8 Å². The van der Waals surface area contributed by atoms with Crippen molar-refractivity contribution in [3.63, 3.8) is 0 Å². The summed E-state index contributed by atoms with van der Waals surface area (Å²) in [5, 5.41) is 20.2. The van der Waals surface area contributed by atoms with Crippen molar-refractivity contribution in [2.24, 2.45) is 5.41 Å². The maximum absolute atomic E-state index is 13.3. The summed E-state index contributed by atoms with van der Waals surface area (Å²) in [6.45, 7) is 8.12. The number of hydrogen-bond donors (Lipinski definition) is 2. The van der Waals surface area contributed by atoms with Crippen molar-refractivity contribution in [2.45, 2.75) is 39.2 Å². The molecule has 0 aromatic heterocycles. The first-order chi connectivity index (χ1) is 18.5. The first-order valence-corrected chi connectivity index (χ1v) is 13.0. The molecular formula is C31H33NO7. The first kappa shape index (κ1) is 26.6. The van der Waals surface area contributed by atoms with Crippen molar-refractivity contribution in [1.29, 1.82) is 0 Å². The quantitative estimate of drug-likeness (QED) is 0.395. The van der Waals surface area contributed by atoms with Gasteiger partial charge in [-0.05, 0) is 42.5 Å². The number of esters is 1. The van der Waals surface area contributed by atoms with Crippen LogP contribution in [-0.2, 0) is 24.7 Å². The van der Waals surface area contributed by atoms with Gasteiger partial charge in [0.1, 0.15) is 23.0 Å². The largest absolute Gasteiger partial charge is 0.508 e. The van der Waals surface area contributed by atoms with Crippen LogP contribution >= 0.6 is 0 Å². The van der Waals surface area contributed by atoms with E-state index in [-0.39, 0.29) is 29.2 Å². The van der Waals surface area contributed by atoms with E-state index in [1.165, 1.54) is 24.3 Å². The lowest BCUT2D eigenvalue weighted by atomic mass is 9.76. The Hall–Kier alpha value is -4.04. The fraction of sp³-hybridized carbons (Fsp3) is 0.355. The van der Waals surface area contributed by atoms with Gasteiger partial charge in [-0.1, -0.05) is 39.0 Å². The SMILES string of the molecule is CN(CCCOCC(C)(C)C)C(=O)C1=CC=C2C(=CC1)C(=O)OC21c2ccc(O)cc2Oc2cc(O)ccc21. The fourth-order valence-corrected chi connectivity index (χ4v) is 5.14. The zero-order valence-electron chi connectivity index (χ0n) is 22.6. The number of benzene rings is 2. The molecule has 0 saturated carbocycles. The van der Waals surface area contributed by atoms with Gasteiger partial charge in [0.15, 0.2) is 5.60 Å². The minimum absolute atomic E-state index is 0.0120. The third-order valence-electron chi connectivity index (χ3n) is 6.96. The van der Waals surface area contributed by atoms with E-state index in [4.69, 9.17) is 14.2 Å². The number of fused-ring (bicyclic) bond motifs is 6. The van der Waals surface area contributed by atoms with Gasteiger partial charge in [-0.15, -0.1) is 0 Å². The molecule has 0 atom stereocenters. The highest BCUT2D eigenvalue weighted by Gasteiger charge is 2.55. The number of ether oxygens (including phenoxy) is 3. The zero-order chi connectivity index (χ0) is 27.9. The number of carbonyl (C=O) groups is 2. The maximum atomic E-state index is 13.3. The van der Waals surface area contributed by atoms with Crippen LogP contribution in [0, 0.1) is 5.41 Å². The van der Waals surface area contributed by atoms with Crippen LogP contribution in [0.5, 0.6) is 23.0 Å². The molecule has 2 N–H and O–H groups in total. The molecule has 8 heteroatoms. The summed E-state index contributed by atoms with van der Waals surface area (Å²) in [7, 11) is 1.76. The Labute approximate surface area is 227 Å². The van der Waals surface area contributed by atoms with Crippen LogP contribution in [-0.4, -0.2) is 53.8 Å². The minimum Gasteiger partial charge on any atom is -0.508 e. The molecule has 204 valence electrons. The van der Waals surface area contributed by atoms with Gasteiger partial charge in [-0.2, -0.15) is 0 Å². The van der Waals surface area contributed by atoms with E-state index < -0.39 is 11.6 Å². The molecule has 2 aliphatic heterocycles. The van der Waals surface area contributed by atoms with Crippen molar-refractivity contribution in [3.8, 4) is 23.0 Å². The standard InChI is InChI=1S/C31H33NO7/c1-30(2,3)18-37-15-5-14-32(4)28(35)19-6-10-22-23(11-7-19)31(39-29(22)36)24-12-8-20(33)16-26(24)38-27-17-21(34)9-13-25(27)31/h7-13,16-17,33-34H,5-6,14-15,18H2,1-4H3. The summed E-state index contributed by atoms with van der Waals surface area (Å²) in [6.07, 6.45) is 6.22. The smallest absolute Gasteiger partial charge is 0.339 e. The molecule has 1 saturated heterocycles. The van der Waals surface area contributed by atoms with Crippen LogP contribution < -0.4 is 4.74 Å². The number of likely N-dealkylation sites (N-methyl/N-ethyl adjacent to an activating group) is 1. The second-order valence-corrected chi connectivity index (χ2v) is 11.3. The fourth-order valence-electron chi connectivity index (χ4n) is 5.14. The number of aromatic hydroxyl groups is 2. The topological polar surface area (TPSA) is 106 Å². The summed E-state index contributed by atoms with van der Waals surface area (Å²) in [6, 6.07) is 9.23. The first-order valence-electron chi connectivity index (χ1n) is 13.0. The van der Waals surface area contributed by atoms with Gasteiger partial charge in [-0.25, -0.2) is 4.79 Å². The molecule has 5 rings (SSSR count). The average Bonchev–Trinajstić information content (AvgIpc) is 3.00. The monoisotopic (exact) mass is 531 g/mol. The number of phenols is 2.